The highest BCUT2D eigenvalue weighted by Crippen LogP contribution is 2.34. The second-order valence-electron chi connectivity index (χ2n) is 9.84. The molecule has 3 aromatic rings. The van der Waals surface area contributed by atoms with Crippen molar-refractivity contribution in [1.29, 1.82) is 0 Å². The number of hydrogen-bond donors (Lipinski definition) is 0. The molecule has 0 N–H and O–H groups in total. The van der Waals surface area contributed by atoms with E-state index in [1.807, 2.05) is 4.90 Å². The van der Waals surface area contributed by atoms with E-state index in [-0.39, 0.29) is 11.8 Å². The molecule has 0 aliphatic carbocycles. The van der Waals surface area contributed by atoms with Crippen LogP contribution in [-0.2, 0) is 11.3 Å². The first-order chi connectivity index (χ1) is 16.1. The lowest BCUT2D eigenvalue weighted by molar-refractivity contribution is -0.117. The molecular weight excluding hydrogens is 406 g/mol. The lowest BCUT2D eigenvalue weighted by Gasteiger charge is -2.18. The highest BCUT2D eigenvalue weighted by atomic mass is 16.2. The summed E-state index contributed by atoms with van der Waals surface area (Å²) in [6, 6.07) is 14.8. The molecule has 0 spiro atoms. The number of para-hydroxylation sites is 2. The van der Waals surface area contributed by atoms with E-state index >= 15 is 0 Å². The minimum Gasteiger partial charge on any atom is -0.328 e. The van der Waals surface area contributed by atoms with Gasteiger partial charge >= 0.3 is 0 Å². The summed E-state index contributed by atoms with van der Waals surface area (Å²) in [6.07, 6.45) is 11.0. The largest absolute Gasteiger partial charge is 0.328 e. The topological polar surface area (TPSA) is 38.1 Å². The third-order valence-corrected chi connectivity index (χ3v) is 6.93. The van der Waals surface area contributed by atoms with Gasteiger partial charge in [0, 0.05) is 31.1 Å². The molecule has 33 heavy (non-hydrogen) atoms. The summed E-state index contributed by atoms with van der Waals surface area (Å²) in [6.45, 7) is 8.16. The number of carbonyl (C=O) groups is 1. The zero-order chi connectivity index (χ0) is 23.2. The highest BCUT2D eigenvalue weighted by molar-refractivity contribution is 5.96. The van der Waals surface area contributed by atoms with Gasteiger partial charge in [0.25, 0.3) is 0 Å². The van der Waals surface area contributed by atoms with Gasteiger partial charge in [0.15, 0.2) is 0 Å². The van der Waals surface area contributed by atoms with Crippen molar-refractivity contribution in [1.82, 2.24) is 9.55 Å². The summed E-state index contributed by atoms with van der Waals surface area (Å²) in [5.41, 5.74) is 5.66. The molecule has 176 valence electrons. The normalized spacial score (nSPS) is 16.3. The molecule has 1 fully saturated rings. The first kappa shape index (κ1) is 23.5. The Morgan fingerprint density at radius 2 is 1.58 bits per heavy atom. The second kappa shape index (κ2) is 11.0. The molecule has 2 aromatic carbocycles. The summed E-state index contributed by atoms with van der Waals surface area (Å²) in [5.74, 6) is 1.43. The summed E-state index contributed by atoms with van der Waals surface area (Å²) >= 11 is 0. The molecule has 1 amide bonds. The molecular formula is C29H39N3O. The van der Waals surface area contributed by atoms with Gasteiger partial charge in [0.05, 0.1) is 11.0 Å². The number of anilines is 1. The van der Waals surface area contributed by atoms with Crippen LogP contribution < -0.4 is 4.90 Å². The SMILES string of the molecule is CCCCCCCCCCn1c(C2CC(=O)N(c3cc(C)cc(C)c3)C2)nc2ccccc21. The number of benzene rings is 2. The Bertz CT molecular complexity index is 1060. The number of unbranched alkanes of at least 4 members (excludes halogenated alkanes) is 7. The maximum absolute atomic E-state index is 13.0. The lowest BCUT2D eigenvalue weighted by Crippen LogP contribution is -2.24. The van der Waals surface area contributed by atoms with Crippen molar-refractivity contribution in [3.05, 3.63) is 59.4 Å². The number of carbonyl (C=O) groups excluding carboxylic acids is 1. The molecule has 1 aliphatic heterocycles. The van der Waals surface area contributed by atoms with Crippen molar-refractivity contribution in [3.63, 3.8) is 0 Å². The summed E-state index contributed by atoms with van der Waals surface area (Å²) in [7, 11) is 0. The molecule has 4 nitrogen and oxygen atoms in total. The van der Waals surface area contributed by atoms with Gasteiger partial charge in [-0.05, 0) is 55.7 Å². The molecule has 1 unspecified atom stereocenters. The number of hydrogen-bond acceptors (Lipinski definition) is 2. The van der Waals surface area contributed by atoms with Crippen molar-refractivity contribution in [2.45, 2.75) is 91.0 Å². The van der Waals surface area contributed by atoms with Crippen molar-refractivity contribution >= 4 is 22.6 Å². The number of nitrogens with zero attached hydrogens (tertiary/aromatic N) is 3. The van der Waals surface area contributed by atoms with E-state index in [1.165, 1.54) is 68.0 Å². The Hall–Kier alpha value is -2.62. The minimum atomic E-state index is 0.139. The van der Waals surface area contributed by atoms with E-state index in [1.54, 1.807) is 0 Å². The van der Waals surface area contributed by atoms with Crippen LogP contribution >= 0.6 is 0 Å². The van der Waals surface area contributed by atoms with Crippen LogP contribution in [0.2, 0.25) is 0 Å². The van der Waals surface area contributed by atoms with Crippen LogP contribution in [0.5, 0.6) is 0 Å². The summed E-state index contributed by atoms with van der Waals surface area (Å²) in [5, 5.41) is 0. The van der Waals surface area contributed by atoms with Crippen LogP contribution in [0.1, 0.15) is 87.6 Å². The highest BCUT2D eigenvalue weighted by Gasteiger charge is 2.34. The Balaban J connectivity index is 1.47. The van der Waals surface area contributed by atoms with Crippen molar-refractivity contribution < 1.29 is 4.79 Å². The van der Waals surface area contributed by atoms with Crippen LogP contribution in [0, 0.1) is 13.8 Å². The Morgan fingerprint density at radius 1 is 0.909 bits per heavy atom. The van der Waals surface area contributed by atoms with Crippen LogP contribution in [0.25, 0.3) is 11.0 Å². The monoisotopic (exact) mass is 445 g/mol. The molecule has 4 heteroatoms. The Kier molecular flexibility index (Phi) is 7.85. The first-order valence-corrected chi connectivity index (χ1v) is 12.9. The fourth-order valence-electron chi connectivity index (χ4n) is 5.28. The molecule has 4 rings (SSSR count). The molecule has 2 heterocycles. The number of rotatable bonds is 11. The predicted molar refractivity (Wildman–Crippen MR) is 138 cm³/mol. The zero-order valence-electron chi connectivity index (χ0n) is 20.6. The van der Waals surface area contributed by atoms with E-state index in [9.17, 15) is 4.79 Å². The number of aryl methyl sites for hydroxylation is 3. The van der Waals surface area contributed by atoms with Gasteiger partial charge in [0.2, 0.25) is 5.91 Å². The molecule has 1 atom stereocenters. The van der Waals surface area contributed by atoms with Gasteiger partial charge in [-0.25, -0.2) is 4.98 Å². The van der Waals surface area contributed by atoms with E-state index in [4.69, 9.17) is 4.98 Å². The van der Waals surface area contributed by atoms with E-state index < -0.39 is 0 Å². The average Bonchev–Trinajstić information content (AvgIpc) is 3.35. The van der Waals surface area contributed by atoms with Crippen molar-refractivity contribution in [2.24, 2.45) is 0 Å². The minimum absolute atomic E-state index is 0.139. The Labute approximate surface area is 199 Å². The van der Waals surface area contributed by atoms with Crippen molar-refractivity contribution in [3.8, 4) is 0 Å². The number of aromatic nitrogens is 2. The molecule has 1 aromatic heterocycles. The lowest BCUT2D eigenvalue weighted by atomic mass is 10.1. The van der Waals surface area contributed by atoms with Gasteiger partial charge in [-0.1, -0.05) is 70.1 Å². The third-order valence-electron chi connectivity index (χ3n) is 6.93. The summed E-state index contributed by atoms with van der Waals surface area (Å²) in [4.78, 5) is 20.0. The van der Waals surface area contributed by atoms with E-state index in [0.29, 0.717) is 13.0 Å². The second-order valence-corrected chi connectivity index (χ2v) is 9.84. The number of amides is 1. The van der Waals surface area contributed by atoms with Gasteiger partial charge < -0.3 is 9.47 Å². The van der Waals surface area contributed by atoms with Crippen LogP contribution in [0.4, 0.5) is 5.69 Å². The fourth-order valence-corrected chi connectivity index (χ4v) is 5.28. The first-order valence-electron chi connectivity index (χ1n) is 12.9. The van der Waals surface area contributed by atoms with Crippen LogP contribution in [-0.4, -0.2) is 22.0 Å². The quantitative estimate of drug-likeness (QED) is 0.290. The smallest absolute Gasteiger partial charge is 0.227 e. The molecule has 0 saturated carbocycles. The van der Waals surface area contributed by atoms with Gasteiger partial charge in [0.1, 0.15) is 5.82 Å². The maximum Gasteiger partial charge on any atom is 0.227 e. The standard InChI is InChI=1S/C29H39N3O/c1-4-5-6-7-8-9-10-13-16-31-27-15-12-11-14-26(27)30-29(31)24-20-28(33)32(21-24)25-18-22(2)17-23(3)19-25/h11-12,14-15,17-19,24H,4-10,13,16,20-21H2,1-3H3. The third kappa shape index (κ3) is 5.66. The van der Waals surface area contributed by atoms with E-state index in [2.05, 4.69) is 67.8 Å². The van der Waals surface area contributed by atoms with Gasteiger partial charge in [-0.2, -0.15) is 0 Å². The van der Waals surface area contributed by atoms with Gasteiger partial charge in [-0.15, -0.1) is 0 Å². The Morgan fingerprint density at radius 3 is 2.30 bits per heavy atom. The number of imidazole rings is 1. The molecule has 1 aliphatic rings. The van der Waals surface area contributed by atoms with Crippen LogP contribution in [0.3, 0.4) is 0 Å². The maximum atomic E-state index is 13.0. The number of fused-ring (bicyclic) bond motifs is 1. The van der Waals surface area contributed by atoms with Gasteiger partial charge in [-0.3, -0.25) is 4.79 Å². The molecule has 0 bridgehead atoms. The van der Waals surface area contributed by atoms with E-state index in [0.717, 1.165) is 23.6 Å². The fraction of sp³-hybridized carbons (Fsp3) is 0.517. The average molecular weight is 446 g/mol. The van der Waals surface area contributed by atoms with Crippen molar-refractivity contribution in [2.75, 3.05) is 11.4 Å². The van der Waals surface area contributed by atoms with Crippen LogP contribution in [0.15, 0.2) is 42.5 Å². The molecule has 1 saturated heterocycles. The zero-order valence-corrected chi connectivity index (χ0v) is 20.6. The molecule has 0 radical (unpaired) electrons. The summed E-state index contributed by atoms with van der Waals surface area (Å²) < 4.78 is 2.40. The predicted octanol–water partition coefficient (Wildman–Crippen LogP) is 7.31.